The number of fused-ring (bicyclic) bond motifs is 1. The lowest BCUT2D eigenvalue weighted by Gasteiger charge is -2.24. The lowest BCUT2D eigenvalue weighted by Crippen LogP contribution is -2.34. The molecule has 0 radical (unpaired) electrons. The fourth-order valence-electron chi connectivity index (χ4n) is 1.56. The highest BCUT2D eigenvalue weighted by molar-refractivity contribution is 7.80. The lowest BCUT2D eigenvalue weighted by atomic mass is 10.1. The Hall–Kier alpha value is -1.20. The molecule has 2 atom stereocenters. The van der Waals surface area contributed by atoms with E-state index in [0.717, 1.165) is 5.56 Å². The minimum Gasteiger partial charge on any atom is -0.479 e. The first-order chi connectivity index (χ1) is 7.61. The summed E-state index contributed by atoms with van der Waals surface area (Å²) in [6.07, 6.45) is -0.436. The van der Waals surface area contributed by atoms with Crippen LogP contribution in [0.1, 0.15) is 17.9 Å². The lowest BCUT2D eigenvalue weighted by molar-refractivity contribution is -0.122. The summed E-state index contributed by atoms with van der Waals surface area (Å²) in [6.45, 7) is 1.72. The first-order valence-corrected chi connectivity index (χ1v) is 5.60. The highest BCUT2D eigenvalue weighted by Crippen LogP contribution is 2.32. The average Bonchev–Trinajstić information content (AvgIpc) is 2.29. The van der Waals surface area contributed by atoms with E-state index < -0.39 is 6.10 Å². The number of carbonyl (C=O) groups excluding carboxylic acids is 1. The molecule has 5 heteroatoms. The number of carbonyl (C=O) groups is 1. The molecule has 1 amide bonds. The monoisotopic (exact) mass is 238 g/mol. The molecule has 86 valence electrons. The van der Waals surface area contributed by atoms with E-state index in [9.17, 15) is 4.79 Å². The van der Waals surface area contributed by atoms with Crippen molar-refractivity contribution in [3.63, 3.8) is 0 Å². The van der Waals surface area contributed by atoms with E-state index >= 15 is 0 Å². The van der Waals surface area contributed by atoms with Gasteiger partial charge in [0, 0.05) is 0 Å². The number of anilines is 1. The van der Waals surface area contributed by atoms with Crippen molar-refractivity contribution in [3.8, 4) is 5.75 Å². The van der Waals surface area contributed by atoms with E-state index in [1.54, 1.807) is 6.92 Å². The average molecular weight is 238 g/mol. The second kappa shape index (κ2) is 4.35. The molecule has 2 rings (SSSR count). The fraction of sp³-hybridized carbons (Fsp3) is 0.364. The minimum atomic E-state index is -0.436. The number of thiol groups is 1. The Morgan fingerprint density at radius 1 is 1.56 bits per heavy atom. The van der Waals surface area contributed by atoms with Crippen molar-refractivity contribution < 1.29 is 9.53 Å². The first kappa shape index (κ1) is 11.3. The van der Waals surface area contributed by atoms with Crippen molar-refractivity contribution in [1.82, 2.24) is 5.32 Å². The molecule has 2 N–H and O–H groups in total. The van der Waals surface area contributed by atoms with Gasteiger partial charge in [-0.15, -0.1) is 0 Å². The van der Waals surface area contributed by atoms with E-state index in [-0.39, 0.29) is 11.3 Å². The molecule has 0 aromatic heterocycles. The molecule has 4 nitrogen and oxygen atoms in total. The van der Waals surface area contributed by atoms with Gasteiger partial charge in [-0.2, -0.15) is 12.6 Å². The standard InChI is InChI=1S/C11H14N2O2S/c1-6-10(14)13-8-5-7(11(16)12-2)3-4-9(8)15-6/h3-6,11-12,16H,1-2H3,(H,13,14). The minimum absolute atomic E-state index is 0.0541. The van der Waals surface area contributed by atoms with Gasteiger partial charge in [-0.05, 0) is 31.7 Å². The Kier molecular flexibility index (Phi) is 3.07. The van der Waals surface area contributed by atoms with Gasteiger partial charge in [0.05, 0.1) is 11.1 Å². The van der Waals surface area contributed by atoms with E-state index in [1.165, 1.54) is 0 Å². The van der Waals surface area contributed by atoms with Crippen LogP contribution in [0, 0.1) is 0 Å². The van der Waals surface area contributed by atoms with Crippen molar-refractivity contribution in [3.05, 3.63) is 23.8 Å². The quantitative estimate of drug-likeness (QED) is 0.541. The van der Waals surface area contributed by atoms with Crippen molar-refractivity contribution >= 4 is 24.2 Å². The van der Waals surface area contributed by atoms with E-state index in [2.05, 4.69) is 23.3 Å². The molecule has 0 aliphatic carbocycles. The second-order valence-electron chi connectivity index (χ2n) is 3.70. The Balaban J connectivity index is 2.32. The van der Waals surface area contributed by atoms with Crippen molar-refractivity contribution in [2.24, 2.45) is 0 Å². The Labute approximate surface area is 99.8 Å². The number of amides is 1. The van der Waals surface area contributed by atoms with Gasteiger partial charge in [-0.25, -0.2) is 0 Å². The van der Waals surface area contributed by atoms with Crippen LogP contribution in [-0.4, -0.2) is 19.1 Å². The number of hydrogen-bond acceptors (Lipinski definition) is 4. The van der Waals surface area contributed by atoms with Gasteiger partial charge in [-0.3, -0.25) is 4.79 Å². The van der Waals surface area contributed by atoms with Gasteiger partial charge in [-0.1, -0.05) is 6.07 Å². The maximum Gasteiger partial charge on any atom is 0.265 e. The normalized spacial score (nSPS) is 20.7. The van der Waals surface area contributed by atoms with Crippen LogP contribution in [0.15, 0.2) is 18.2 Å². The second-order valence-corrected chi connectivity index (χ2v) is 4.21. The maximum atomic E-state index is 11.4. The zero-order valence-electron chi connectivity index (χ0n) is 9.15. The predicted molar refractivity (Wildman–Crippen MR) is 65.9 cm³/mol. The number of ether oxygens (including phenoxy) is 1. The van der Waals surface area contributed by atoms with Gasteiger partial charge in [0.1, 0.15) is 5.75 Å². The summed E-state index contributed by atoms with van der Waals surface area (Å²) in [5.41, 5.74) is 1.69. The van der Waals surface area contributed by atoms with Crippen LogP contribution in [0.25, 0.3) is 0 Å². The molecule has 1 aromatic rings. The molecule has 0 fully saturated rings. The summed E-state index contributed by atoms with van der Waals surface area (Å²) in [6, 6.07) is 5.64. The van der Waals surface area contributed by atoms with Crippen LogP contribution in [-0.2, 0) is 4.79 Å². The van der Waals surface area contributed by atoms with Crippen molar-refractivity contribution in [2.75, 3.05) is 12.4 Å². The summed E-state index contributed by atoms with van der Waals surface area (Å²) >= 11 is 4.36. The van der Waals surface area contributed by atoms with Crippen LogP contribution in [0.5, 0.6) is 5.75 Å². The van der Waals surface area contributed by atoms with Crippen LogP contribution in [0.4, 0.5) is 5.69 Å². The zero-order chi connectivity index (χ0) is 11.7. The molecular weight excluding hydrogens is 224 g/mol. The topological polar surface area (TPSA) is 50.4 Å². The van der Waals surface area contributed by atoms with Crippen LogP contribution < -0.4 is 15.4 Å². The molecule has 2 unspecified atom stereocenters. The molecule has 0 spiro atoms. The van der Waals surface area contributed by atoms with Crippen LogP contribution in [0.3, 0.4) is 0 Å². The fourth-order valence-corrected chi connectivity index (χ4v) is 1.72. The third-order valence-electron chi connectivity index (χ3n) is 2.52. The molecule has 1 heterocycles. The summed E-state index contributed by atoms with van der Waals surface area (Å²) < 4.78 is 5.46. The van der Waals surface area contributed by atoms with Gasteiger partial charge < -0.3 is 15.4 Å². The number of nitrogens with one attached hydrogen (secondary N) is 2. The number of hydrogen-bond donors (Lipinski definition) is 3. The third-order valence-corrected chi connectivity index (χ3v) is 3.08. The van der Waals surface area contributed by atoms with Gasteiger partial charge in [0.2, 0.25) is 0 Å². The van der Waals surface area contributed by atoms with E-state index in [4.69, 9.17) is 4.74 Å². The molecule has 1 aromatic carbocycles. The van der Waals surface area contributed by atoms with E-state index in [1.807, 2.05) is 25.2 Å². The summed E-state index contributed by atoms with van der Waals surface area (Å²) in [5.74, 6) is 0.581. The van der Waals surface area contributed by atoms with Crippen molar-refractivity contribution in [1.29, 1.82) is 0 Å². The Bertz CT molecular complexity index is 422. The zero-order valence-corrected chi connectivity index (χ0v) is 10.0. The highest BCUT2D eigenvalue weighted by Gasteiger charge is 2.23. The summed E-state index contributed by atoms with van der Waals surface area (Å²) in [4.78, 5) is 11.4. The van der Waals surface area contributed by atoms with Gasteiger partial charge in [0.15, 0.2) is 6.10 Å². The van der Waals surface area contributed by atoms with Crippen molar-refractivity contribution in [2.45, 2.75) is 18.4 Å². The van der Waals surface area contributed by atoms with E-state index in [0.29, 0.717) is 11.4 Å². The molecule has 0 bridgehead atoms. The number of rotatable bonds is 2. The number of benzene rings is 1. The summed E-state index contributed by atoms with van der Waals surface area (Å²) in [5, 5.41) is 5.77. The maximum absolute atomic E-state index is 11.4. The molecule has 16 heavy (non-hydrogen) atoms. The summed E-state index contributed by atoms with van der Waals surface area (Å²) in [7, 11) is 1.83. The molecule has 0 saturated carbocycles. The van der Waals surface area contributed by atoms with Crippen LogP contribution in [0.2, 0.25) is 0 Å². The predicted octanol–water partition coefficient (Wildman–Crippen LogP) is 1.55. The Morgan fingerprint density at radius 3 is 3.00 bits per heavy atom. The molecule has 1 aliphatic heterocycles. The first-order valence-electron chi connectivity index (χ1n) is 5.08. The SMILES string of the molecule is CNC(S)c1ccc2c(c1)NC(=O)C(C)O2. The smallest absolute Gasteiger partial charge is 0.265 e. The van der Waals surface area contributed by atoms with Gasteiger partial charge >= 0.3 is 0 Å². The largest absolute Gasteiger partial charge is 0.479 e. The molecule has 1 aliphatic rings. The highest BCUT2D eigenvalue weighted by atomic mass is 32.1. The Morgan fingerprint density at radius 2 is 2.31 bits per heavy atom. The molecular formula is C11H14N2O2S. The van der Waals surface area contributed by atoms with Crippen LogP contribution >= 0.6 is 12.6 Å². The third kappa shape index (κ3) is 2.01. The van der Waals surface area contributed by atoms with Gasteiger partial charge in [0.25, 0.3) is 5.91 Å². The molecule has 0 saturated heterocycles.